The minimum Gasteiger partial charge on any atom is -0.489 e. The molecule has 3 aromatic rings. The van der Waals surface area contributed by atoms with Crippen molar-refractivity contribution in [2.24, 2.45) is 0 Å². The van der Waals surface area contributed by atoms with Crippen LogP contribution in [-0.2, 0) is 6.61 Å². The van der Waals surface area contributed by atoms with E-state index in [4.69, 9.17) is 4.74 Å². The lowest BCUT2D eigenvalue weighted by Gasteiger charge is -2.06. The summed E-state index contributed by atoms with van der Waals surface area (Å²) < 4.78 is 31.9. The van der Waals surface area contributed by atoms with Gasteiger partial charge in [-0.2, -0.15) is 5.10 Å². The quantitative estimate of drug-likeness (QED) is 0.765. The van der Waals surface area contributed by atoms with Gasteiger partial charge in [0.15, 0.2) is 5.82 Å². The molecule has 6 heteroatoms. The number of hydrogen-bond donors (Lipinski definition) is 1. The summed E-state index contributed by atoms with van der Waals surface area (Å²) in [5, 5.41) is 6.64. The molecule has 0 amide bonds. The van der Waals surface area contributed by atoms with Crippen LogP contribution in [0.15, 0.2) is 54.6 Å². The molecule has 1 N–H and O–H groups in total. The highest BCUT2D eigenvalue weighted by molar-refractivity contribution is 5.56. The molecule has 1 aromatic heterocycles. The first-order chi connectivity index (χ1) is 11.6. The van der Waals surface area contributed by atoms with Gasteiger partial charge < -0.3 is 4.74 Å². The summed E-state index contributed by atoms with van der Waals surface area (Å²) in [6.45, 7) is 0.488. The number of nitrogens with zero attached hydrogens (tertiary/aromatic N) is 2. The molecule has 0 saturated heterocycles. The maximum Gasteiger partial charge on any atom is 0.259 e. The molecular weight excluding hydrogens is 312 g/mol. The van der Waals surface area contributed by atoms with Crippen LogP contribution in [0.4, 0.5) is 8.78 Å². The minimum absolute atomic E-state index is 0.159. The van der Waals surface area contributed by atoms with Crippen LogP contribution in [0.25, 0.3) is 11.4 Å². The number of rotatable bonds is 5. The van der Waals surface area contributed by atoms with Crippen molar-refractivity contribution in [2.75, 3.05) is 0 Å². The van der Waals surface area contributed by atoms with Gasteiger partial charge in [-0.1, -0.05) is 30.3 Å². The normalized spacial score (nSPS) is 18.3. The predicted octanol–water partition coefficient (Wildman–Crippen LogP) is 4.17. The van der Waals surface area contributed by atoms with Crippen molar-refractivity contribution < 1.29 is 13.5 Å². The Bertz CT molecular complexity index is 831. The van der Waals surface area contributed by atoms with Crippen molar-refractivity contribution in [3.63, 3.8) is 0 Å². The molecule has 1 saturated carbocycles. The lowest BCUT2D eigenvalue weighted by Crippen LogP contribution is -1.95. The largest absolute Gasteiger partial charge is 0.489 e. The average molecular weight is 327 g/mol. The van der Waals surface area contributed by atoms with Gasteiger partial charge in [0, 0.05) is 12.0 Å². The second-order valence-corrected chi connectivity index (χ2v) is 5.86. The standard InChI is InChI=1S/C18H15F2N3O/c19-18(20)10-15(18)17-21-16(22-23-17)13-6-8-14(9-7-13)24-11-12-4-2-1-3-5-12/h1-9,15H,10-11H2,(H,21,22,23). The summed E-state index contributed by atoms with van der Waals surface area (Å²) in [4.78, 5) is 4.17. The first-order valence-electron chi connectivity index (χ1n) is 7.69. The van der Waals surface area contributed by atoms with Gasteiger partial charge in [-0.25, -0.2) is 13.8 Å². The van der Waals surface area contributed by atoms with Gasteiger partial charge in [0.1, 0.15) is 18.2 Å². The molecular formula is C18H15F2N3O. The molecule has 4 rings (SSSR count). The number of benzene rings is 2. The van der Waals surface area contributed by atoms with Crippen LogP contribution >= 0.6 is 0 Å². The number of nitrogens with one attached hydrogen (secondary N) is 1. The van der Waals surface area contributed by atoms with Gasteiger partial charge in [0.2, 0.25) is 0 Å². The number of ether oxygens (including phenoxy) is 1. The van der Waals surface area contributed by atoms with Crippen LogP contribution in [0.3, 0.4) is 0 Å². The lowest BCUT2D eigenvalue weighted by molar-refractivity contribution is 0.111. The molecule has 122 valence electrons. The molecule has 1 aliphatic rings. The first-order valence-corrected chi connectivity index (χ1v) is 7.69. The van der Waals surface area contributed by atoms with Crippen LogP contribution in [0.2, 0.25) is 0 Å². The van der Waals surface area contributed by atoms with Gasteiger partial charge in [-0.3, -0.25) is 5.10 Å². The Morgan fingerprint density at radius 3 is 2.46 bits per heavy atom. The maximum absolute atomic E-state index is 13.1. The van der Waals surface area contributed by atoms with E-state index in [2.05, 4.69) is 15.2 Å². The molecule has 0 aliphatic heterocycles. The minimum atomic E-state index is -2.65. The van der Waals surface area contributed by atoms with Crippen LogP contribution < -0.4 is 4.74 Å². The zero-order valence-electron chi connectivity index (χ0n) is 12.7. The van der Waals surface area contributed by atoms with Gasteiger partial charge >= 0.3 is 0 Å². The second-order valence-electron chi connectivity index (χ2n) is 5.86. The highest BCUT2D eigenvalue weighted by atomic mass is 19.3. The first kappa shape index (κ1) is 14.8. The summed E-state index contributed by atoms with van der Waals surface area (Å²) in [6, 6.07) is 17.2. The molecule has 1 fully saturated rings. The van der Waals surface area contributed by atoms with Crippen molar-refractivity contribution in [1.82, 2.24) is 15.2 Å². The smallest absolute Gasteiger partial charge is 0.259 e. The summed E-state index contributed by atoms with van der Waals surface area (Å²) in [7, 11) is 0. The third-order valence-corrected chi connectivity index (χ3v) is 4.02. The number of aromatic nitrogens is 3. The number of hydrogen-bond acceptors (Lipinski definition) is 3. The van der Waals surface area contributed by atoms with E-state index in [0.29, 0.717) is 12.4 Å². The van der Waals surface area contributed by atoms with E-state index >= 15 is 0 Å². The van der Waals surface area contributed by atoms with Crippen LogP contribution in [0.5, 0.6) is 5.75 Å². The Hall–Kier alpha value is -2.76. The third-order valence-electron chi connectivity index (χ3n) is 4.02. The van der Waals surface area contributed by atoms with E-state index in [-0.39, 0.29) is 12.2 Å². The molecule has 1 atom stereocenters. The van der Waals surface area contributed by atoms with E-state index in [1.54, 1.807) is 0 Å². The zero-order valence-corrected chi connectivity index (χ0v) is 12.7. The molecule has 1 aliphatic carbocycles. The Balaban J connectivity index is 1.42. The number of alkyl halides is 2. The summed E-state index contributed by atoms with van der Waals surface area (Å²) in [5.41, 5.74) is 1.85. The van der Waals surface area contributed by atoms with E-state index in [1.165, 1.54) is 0 Å². The topological polar surface area (TPSA) is 50.8 Å². The van der Waals surface area contributed by atoms with E-state index < -0.39 is 11.8 Å². The SMILES string of the molecule is FC1(F)CC1c1nc(-c2ccc(OCc3ccccc3)cc2)n[nH]1. The molecule has 4 nitrogen and oxygen atoms in total. The maximum atomic E-state index is 13.1. The zero-order chi connectivity index (χ0) is 16.6. The second kappa shape index (κ2) is 5.70. The Morgan fingerprint density at radius 1 is 1.08 bits per heavy atom. The van der Waals surface area contributed by atoms with Crippen LogP contribution in [-0.4, -0.2) is 21.1 Å². The highest BCUT2D eigenvalue weighted by Gasteiger charge is 2.59. The lowest BCUT2D eigenvalue weighted by atomic mass is 10.2. The van der Waals surface area contributed by atoms with E-state index in [1.807, 2.05) is 54.6 Å². The molecule has 24 heavy (non-hydrogen) atoms. The van der Waals surface area contributed by atoms with Gasteiger partial charge in [-0.05, 0) is 29.8 Å². The monoisotopic (exact) mass is 327 g/mol. The molecule has 0 radical (unpaired) electrons. The van der Waals surface area contributed by atoms with Crippen LogP contribution in [0, 0.1) is 0 Å². The van der Waals surface area contributed by atoms with E-state index in [0.717, 1.165) is 16.9 Å². The number of H-pyrrole nitrogens is 1. The summed E-state index contributed by atoms with van der Waals surface area (Å²) in [5.74, 6) is -2.08. The average Bonchev–Trinajstić information content (AvgIpc) is 3.02. The van der Waals surface area contributed by atoms with Crippen molar-refractivity contribution in [1.29, 1.82) is 0 Å². The predicted molar refractivity (Wildman–Crippen MR) is 84.9 cm³/mol. The van der Waals surface area contributed by atoms with Crippen LogP contribution in [0.1, 0.15) is 23.7 Å². The summed E-state index contributed by atoms with van der Waals surface area (Å²) in [6.07, 6.45) is -0.159. The van der Waals surface area contributed by atoms with Gasteiger partial charge in [0.25, 0.3) is 5.92 Å². The van der Waals surface area contributed by atoms with Crippen molar-refractivity contribution in [3.8, 4) is 17.1 Å². The van der Waals surface area contributed by atoms with Gasteiger partial charge in [0.05, 0.1) is 5.92 Å². The van der Waals surface area contributed by atoms with Crippen molar-refractivity contribution >= 4 is 0 Å². The molecule has 1 unspecified atom stereocenters. The molecule has 2 aromatic carbocycles. The third kappa shape index (κ3) is 2.99. The number of aromatic amines is 1. The molecule has 1 heterocycles. The number of halogens is 2. The highest BCUT2D eigenvalue weighted by Crippen LogP contribution is 2.54. The Morgan fingerprint density at radius 2 is 1.79 bits per heavy atom. The summed E-state index contributed by atoms with van der Waals surface area (Å²) >= 11 is 0. The molecule has 0 spiro atoms. The fraction of sp³-hybridized carbons (Fsp3) is 0.222. The van der Waals surface area contributed by atoms with Gasteiger partial charge in [-0.15, -0.1) is 0 Å². The fourth-order valence-corrected chi connectivity index (χ4v) is 2.51. The van der Waals surface area contributed by atoms with Crippen molar-refractivity contribution in [2.45, 2.75) is 24.9 Å². The van der Waals surface area contributed by atoms with E-state index in [9.17, 15) is 8.78 Å². The fourth-order valence-electron chi connectivity index (χ4n) is 2.51. The van der Waals surface area contributed by atoms with Crippen molar-refractivity contribution in [3.05, 3.63) is 66.0 Å². The molecule has 0 bridgehead atoms. The Kier molecular flexibility index (Phi) is 3.52. The Labute approximate surface area is 137 Å².